The van der Waals surface area contributed by atoms with Gasteiger partial charge in [-0.25, -0.2) is 0 Å². The molecule has 2 heterocycles. The third-order valence-electron chi connectivity index (χ3n) is 3.70. The molecule has 1 aromatic heterocycles. The van der Waals surface area contributed by atoms with E-state index in [1.165, 1.54) is 11.1 Å². The Hall–Kier alpha value is -1.81. The average Bonchev–Trinajstić information content (AvgIpc) is 2.73. The molecule has 0 spiro atoms. The standard InChI is InChI=1S/C16H20N2O2/c1-11-5-3-6-14-15(7-4-8-19-16(11)14)17-10-13-9-12(2)18-20-13/h3,5-6,9,15,17H,4,7-8,10H2,1-2H3. The van der Waals surface area contributed by atoms with Crippen LogP contribution >= 0.6 is 0 Å². The number of aromatic nitrogens is 1. The summed E-state index contributed by atoms with van der Waals surface area (Å²) in [6.07, 6.45) is 2.13. The Bertz CT molecular complexity index is 592. The zero-order valence-electron chi connectivity index (χ0n) is 12.0. The molecular formula is C16H20N2O2. The highest BCUT2D eigenvalue weighted by Gasteiger charge is 2.20. The number of para-hydroxylation sites is 1. The van der Waals surface area contributed by atoms with E-state index >= 15 is 0 Å². The van der Waals surface area contributed by atoms with E-state index in [1.807, 2.05) is 13.0 Å². The van der Waals surface area contributed by atoms with Gasteiger partial charge in [0.15, 0.2) is 5.76 Å². The molecule has 1 aliphatic heterocycles. The van der Waals surface area contributed by atoms with Crippen molar-refractivity contribution >= 4 is 0 Å². The van der Waals surface area contributed by atoms with Crippen LogP contribution in [0.25, 0.3) is 0 Å². The molecule has 3 rings (SSSR count). The van der Waals surface area contributed by atoms with E-state index in [0.717, 1.165) is 36.7 Å². The Labute approximate surface area is 119 Å². The van der Waals surface area contributed by atoms with Crippen molar-refractivity contribution < 1.29 is 9.26 Å². The largest absolute Gasteiger partial charge is 0.493 e. The van der Waals surface area contributed by atoms with Gasteiger partial charge in [-0.05, 0) is 32.3 Å². The lowest BCUT2D eigenvalue weighted by molar-refractivity contribution is 0.312. The monoisotopic (exact) mass is 272 g/mol. The van der Waals surface area contributed by atoms with Gasteiger partial charge in [0.2, 0.25) is 0 Å². The number of rotatable bonds is 3. The second-order valence-corrected chi connectivity index (χ2v) is 5.35. The highest BCUT2D eigenvalue weighted by molar-refractivity contribution is 5.43. The molecule has 0 amide bonds. The molecule has 4 nitrogen and oxygen atoms in total. The van der Waals surface area contributed by atoms with E-state index in [9.17, 15) is 0 Å². The molecule has 0 saturated carbocycles. The lowest BCUT2D eigenvalue weighted by Gasteiger charge is -2.18. The topological polar surface area (TPSA) is 47.3 Å². The van der Waals surface area contributed by atoms with Crippen LogP contribution in [-0.4, -0.2) is 11.8 Å². The summed E-state index contributed by atoms with van der Waals surface area (Å²) in [5.74, 6) is 1.91. The first-order valence-electron chi connectivity index (χ1n) is 7.12. The number of nitrogens with zero attached hydrogens (tertiary/aromatic N) is 1. The second kappa shape index (κ2) is 5.67. The second-order valence-electron chi connectivity index (χ2n) is 5.35. The smallest absolute Gasteiger partial charge is 0.150 e. The van der Waals surface area contributed by atoms with Crippen molar-refractivity contribution in [3.8, 4) is 5.75 Å². The molecule has 0 bridgehead atoms. The first kappa shape index (κ1) is 13.2. The molecule has 1 aromatic carbocycles. The Morgan fingerprint density at radius 3 is 3.05 bits per heavy atom. The summed E-state index contributed by atoms with van der Waals surface area (Å²) in [6.45, 7) is 5.52. The number of hydrogen-bond donors (Lipinski definition) is 1. The van der Waals surface area contributed by atoms with E-state index in [4.69, 9.17) is 9.26 Å². The molecule has 106 valence electrons. The molecular weight excluding hydrogens is 252 g/mol. The molecule has 0 fully saturated rings. The van der Waals surface area contributed by atoms with Gasteiger partial charge in [0.05, 0.1) is 18.8 Å². The number of hydrogen-bond acceptors (Lipinski definition) is 4. The van der Waals surface area contributed by atoms with E-state index in [0.29, 0.717) is 12.6 Å². The number of benzene rings is 1. The SMILES string of the molecule is Cc1cc(CNC2CCCOc3c(C)cccc32)on1. The van der Waals surface area contributed by atoms with Gasteiger partial charge in [0.25, 0.3) is 0 Å². The van der Waals surface area contributed by atoms with Crippen LogP contribution in [0.2, 0.25) is 0 Å². The molecule has 1 unspecified atom stereocenters. The van der Waals surface area contributed by atoms with Crippen molar-refractivity contribution in [3.63, 3.8) is 0 Å². The summed E-state index contributed by atoms with van der Waals surface area (Å²) in [5.41, 5.74) is 3.37. The van der Waals surface area contributed by atoms with Crippen molar-refractivity contribution in [1.82, 2.24) is 10.5 Å². The van der Waals surface area contributed by atoms with Crippen molar-refractivity contribution in [2.75, 3.05) is 6.61 Å². The molecule has 0 radical (unpaired) electrons. The van der Waals surface area contributed by atoms with Crippen LogP contribution < -0.4 is 10.1 Å². The molecule has 0 aliphatic carbocycles. The van der Waals surface area contributed by atoms with Gasteiger partial charge in [-0.1, -0.05) is 23.4 Å². The molecule has 1 atom stereocenters. The van der Waals surface area contributed by atoms with Crippen LogP contribution in [0, 0.1) is 13.8 Å². The molecule has 1 N–H and O–H groups in total. The third-order valence-corrected chi connectivity index (χ3v) is 3.70. The number of ether oxygens (including phenoxy) is 1. The maximum Gasteiger partial charge on any atom is 0.150 e. The van der Waals surface area contributed by atoms with Crippen LogP contribution in [0.3, 0.4) is 0 Å². The number of nitrogens with one attached hydrogen (secondary N) is 1. The van der Waals surface area contributed by atoms with Gasteiger partial charge in [0, 0.05) is 17.7 Å². The minimum Gasteiger partial charge on any atom is -0.493 e. The summed E-state index contributed by atoms with van der Waals surface area (Å²) < 4.78 is 11.1. The summed E-state index contributed by atoms with van der Waals surface area (Å²) in [6, 6.07) is 8.61. The van der Waals surface area contributed by atoms with Gasteiger partial charge < -0.3 is 14.6 Å². The van der Waals surface area contributed by atoms with Gasteiger partial charge in [0.1, 0.15) is 5.75 Å². The minimum atomic E-state index is 0.304. The number of fused-ring (bicyclic) bond motifs is 1. The van der Waals surface area contributed by atoms with Crippen LogP contribution in [0.1, 0.15) is 41.5 Å². The van der Waals surface area contributed by atoms with Gasteiger partial charge in [-0.3, -0.25) is 0 Å². The Kier molecular flexibility index (Phi) is 3.74. The maximum atomic E-state index is 5.89. The van der Waals surface area contributed by atoms with Gasteiger partial charge in [-0.15, -0.1) is 0 Å². The van der Waals surface area contributed by atoms with Crippen LogP contribution in [-0.2, 0) is 6.54 Å². The van der Waals surface area contributed by atoms with Crippen molar-refractivity contribution in [2.24, 2.45) is 0 Å². The quantitative estimate of drug-likeness (QED) is 0.931. The summed E-state index contributed by atoms with van der Waals surface area (Å²) >= 11 is 0. The summed E-state index contributed by atoms with van der Waals surface area (Å²) in [4.78, 5) is 0. The summed E-state index contributed by atoms with van der Waals surface area (Å²) in [7, 11) is 0. The molecule has 0 saturated heterocycles. The maximum absolute atomic E-state index is 5.89. The van der Waals surface area contributed by atoms with Crippen molar-refractivity contribution in [2.45, 2.75) is 39.3 Å². The lowest BCUT2D eigenvalue weighted by atomic mass is 10.00. The zero-order valence-corrected chi connectivity index (χ0v) is 12.0. The normalized spacial score (nSPS) is 18.2. The van der Waals surface area contributed by atoms with Gasteiger partial charge >= 0.3 is 0 Å². The first-order chi connectivity index (χ1) is 9.74. The zero-order chi connectivity index (χ0) is 13.9. The molecule has 2 aromatic rings. The van der Waals surface area contributed by atoms with E-state index in [1.54, 1.807) is 0 Å². The van der Waals surface area contributed by atoms with E-state index in [-0.39, 0.29) is 0 Å². The van der Waals surface area contributed by atoms with Crippen molar-refractivity contribution in [1.29, 1.82) is 0 Å². The third kappa shape index (κ3) is 2.70. The Morgan fingerprint density at radius 2 is 2.25 bits per heavy atom. The fraction of sp³-hybridized carbons (Fsp3) is 0.438. The van der Waals surface area contributed by atoms with Gasteiger partial charge in [-0.2, -0.15) is 0 Å². The van der Waals surface area contributed by atoms with E-state index < -0.39 is 0 Å². The van der Waals surface area contributed by atoms with Crippen LogP contribution in [0.5, 0.6) is 5.75 Å². The Balaban J connectivity index is 1.78. The molecule has 1 aliphatic rings. The molecule has 20 heavy (non-hydrogen) atoms. The van der Waals surface area contributed by atoms with Crippen LogP contribution in [0.4, 0.5) is 0 Å². The predicted octanol–water partition coefficient (Wildman–Crippen LogP) is 3.29. The predicted molar refractivity (Wildman–Crippen MR) is 76.7 cm³/mol. The lowest BCUT2D eigenvalue weighted by Crippen LogP contribution is -2.20. The number of aryl methyl sites for hydroxylation is 2. The minimum absolute atomic E-state index is 0.304. The fourth-order valence-corrected chi connectivity index (χ4v) is 2.70. The van der Waals surface area contributed by atoms with E-state index in [2.05, 4.69) is 35.6 Å². The highest BCUT2D eigenvalue weighted by Crippen LogP contribution is 2.34. The summed E-state index contributed by atoms with van der Waals surface area (Å²) in [5, 5.41) is 7.48. The van der Waals surface area contributed by atoms with Crippen molar-refractivity contribution in [3.05, 3.63) is 46.8 Å². The molecule has 4 heteroatoms. The highest BCUT2D eigenvalue weighted by atomic mass is 16.5. The first-order valence-corrected chi connectivity index (χ1v) is 7.12. The average molecular weight is 272 g/mol. The fourth-order valence-electron chi connectivity index (χ4n) is 2.70. The Morgan fingerprint density at radius 1 is 1.35 bits per heavy atom. The van der Waals surface area contributed by atoms with Crippen LogP contribution in [0.15, 0.2) is 28.8 Å².